The molecule has 0 saturated carbocycles. The highest BCUT2D eigenvalue weighted by Gasteiger charge is 2.44. The highest BCUT2D eigenvalue weighted by molar-refractivity contribution is 6.15. The molecule has 182 valence electrons. The second-order valence-electron chi connectivity index (χ2n) is 7.74. The van der Waals surface area contributed by atoms with E-state index in [1.54, 1.807) is 30.3 Å². The molecule has 1 aromatic heterocycles. The SMILES string of the molecule is C=CCOc1ccc(C2C(C(=O)c3ccco3)=C(O)C(=O)N2CCN(CC)CC)cc1OCC. The van der Waals surface area contributed by atoms with Crippen LogP contribution in [0.3, 0.4) is 0 Å². The first-order valence-electron chi connectivity index (χ1n) is 11.5. The van der Waals surface area contributed by atoms with E-state index in [1.807, 2.05) is 20.8 Å². The standard InChI is InChI=1S/C26H32N2O6/c1-5-15-33-19-12-11-18(17-21(19)32-8-4)23-22(24(29)20-10-9-16-34-20)25(30)26(31)28(23)14-13-27(6-2)7-3/h5,9-12,16-17,23,30H,1,6-8,13-15H2,2-4H3. The lowest BCUT2D eigenvalue weighted by Gasteiger charge is -2.29. The van der Waals surface area contributed by atoms with Crippen LogP contribution < -0.4 is 9.47 Å². The molecule has 34 heavy (non-hydrogen) atoms. The predicted octanol–water partition coefficient (Wildman–Crippen LogP) is 4.16. The third kappa shape index (κ3) is 5.17. The molecule has 0 spiro atoms. The number of Topliss-reactive ketones (excluding diaryl/α,β-unsaturated/α-hetero) is 1. The molecule has 3 rings (SSSR count). The summed E-state index contributed by atoms with van der Waals surface area (Å²) in [6.45, 7) is 12.9. The van der Waals surface area contributed by atoms with Crippen molar-refractivity contribution in [2.24, 2.45) is 0 Å². The van der Waals surface area contributed by atoms with E-state index < -0.39 is 23.5 Å². The number of aliphatic hydroxyl groups excluding tert-OH is 1. The zero-order chi connectivity index (χ0) is 24.7. The number of hydrogen-bond donors (Lipinski definition) is 1. The maximum Gasteiger partial charge on any atom is 0.290 e. The Balaban J connectivity index is 2.06. The molecular weight excluding hydrogens is 436 g/mol. The third-order valence-electron chi connectivity index (χ3n) is 5.78. The van der Waals surface area contributed by atoms with Crippen LogP contribution in [-0.4, -0.2) is 66.0 Å². The Bertz CT molecular complexity index is 1040. The number of aliphatic hydroxyl groups is 1. The minimum atomic E-state index is -0.798. The van der Waals surface area contributed by atoms with Crippen molar-refractivity contribution >= 4 is 11.7 Å². The molecule has 0 aliphatic carbocycles. The molecule has 1 aliphatic rings. The number of amides is 1. The number of ketones is 1. The number of furan rings is 1. The van der Waals surface area contributed by atoms with Crippen molar-refractivity contribution in [3.8, 4) is 11.5 Å². The Hall–Kier alpha value is -3.52. The number of rotatable bonds is 13. The smallest absolute Gasteiger partial charge is 0.290 e. The average molecular weight is 469 g/mol. The van der Waals surface area contributed by atoms with Crippen LogP contribution in [-0.2, 0) is 4.79 Å². The normalized spacial score (nSPS) is 15.8. The summed E-state index contributed by atoms with van der Waals surface area (Å²) in [5.41, 5.74) is 0.614. The summed E-state index contributed by atoms with van der Waals surface area (Å²) in [5.74, 6) is -0.615. The molecule has 1 aromatic carbocycles. The Morgan fingerprint density at radius 3 is 2.59 bits per heavy atom. The van der Waals surface area contributed by atoms with Gasteiger partial charge in [-0.25, -0.2) is 0 Å². The molecule has 0 radical (unpaired) electrons. The van der Waals surface area contributed by atoms with Gasteiger partial charge in [-0.15, -0.1) is 0 Å². The summed E-state index contributed by atoms with van der Waals surface area (Å²) in [5, 5.41) is 10.8. The van der Waals surface area contributed by atoms with Gasteiger partial charge in [0.15, 0.2) is 23.0 Å². The number of nitrogens with zero attached hydrogens (tertiary/aromatic N) is 2. The lowest BCUT2D eigenvalue weighted by atomic mass is 9.94. The van der Waals surface area contributed by atoms with Crippen LogP contribution in [0, 0.1) is 0 Å². The second kappa shape index (κ2) is 11.6. The van der Waals surface area contributed by atoms with Crippen molar-refractivity contribution < 1.29 is 28.6 Å². The number of likely N-dealkylation sites (N-methyl/N-ethyl adjacent to an activating group) is 1. The topological polar surface area (TPSA) is 92.5 Å². The van der Waals surface area contributed by atoms with Gasteiger partial charge in [0.2, 0.25) is 5.78 Å². The second-order valence-corrected chi connectivity index (χ2v) is 7.74. The summed E-state index contributed by atoms with van der Waals surface area (Å²) in [7, 11) is 0. The Kier molecular flexibility index (Phi) is 8.54. The Morgan fingerprint density at radius 2 is 1.97 bits per heavy atom. The zero-order valence-electron chi connectivity index (χ0n) is 20.0. The number of ether oxygens (including phenoxy) is 2. The van der Waals surface area contributed by atoms with E-state index in [4.69, 9.17) is 13.9 Å². The minimum absolute atomic E-state index is 0.0123. The molecule has 8 nitrogen and oxygen atoms in total. The summed E-state index contributed by atoms with van der Waals surface area (Å²) in [4.78, 5) is 30.1. The van der Waals surface area contributed by atoms with Crippen molar-refractivity contribution in [1.29, 1.82) is 0 Å². The van der Waals surface area contributed by atoms with Crippen LogP contribution in [0.5, 0.6) is 11.5 Å². The fraction of sp³-hybridized carbons (Fsp3) is 0.385. The molecule has 1 aliphatic heterocycles. The molecular formula is C26H32N2O6. The number of hydrogen-bond acceptors (Lipinski definition) is 7. The zero-order valence-corrected chi connectivity index (χ0v) is 20.0. The van der Waals surface area contributed by atoms with Crippen LogP contribution in [0.4, 0.5) is 0 Å². The summed E-state index contributed by atoms with van der Waals surface area (Å²) >= 11 is 0. The van der Waals surface area contributed by atoms with Gasteiger partial charge in [0.05, 0.1) is 24.5 Å². The maximum absolute atomic E-state index is 13.3. The predicted molar refractivity (Wildman–Crippen MR) is 128 cm³/mol. The van der Waals surface area contributed by atoms with Crippen LogP contribution in [0.1, 0.15) is 42.9 Å². The molecule has 2 aromatic rings. The summed E-state index contributed by atoms with van der Waals surface area (Å²) in [6, 6.07) is 7.57. The van der Waals surface area contributed by atoms with E-state index in [2.05, 4.69) is 11.5 Å². The number of carbonyl (C=O) groups excluding carboxylic acids is 2. The summed E-state index contributed by atoms with van der Waals surface area (Å²) in [6.07, 6.45) is 3.02. The van der Waals surface area contributed by atoms with Crippen molar-refractivity contribution in [3.05, 3.63) is 71.9 Å². The van der Waals surface area contributed by atoms with Gasteiger partial charge < -0.3 is 28.8 Å². The van der Waals surface area contributed by atoms with Gasteiger partial charge in [-0.1, -0.05) is 32.6 Å². The van der Waals surface area contributed by atoms with Crippen molar-refractivity contribution in [2.45, 2.75) is 26.8 Å². The maximum atomic E-state index is 13.3. The van der Waals surface area contributed by atoms with E-state index >= 15 is 0 Å². The van der Waals surface area contributed by atoms with Crippen molar-refractivity contribution in [2.75, 3.05) is 39.4 Å². The van der Waals surface area contributed by atoms with Crippen LogP contribution >= 0.6 is 0 Å². The lowest BCUT2D eigenvalue weighted by Crippen LogP contribution is -2.38. The molecule has 1 N–H and O–H groups in total. The largest absolute Gasteiger partial charge is 0.503 e. The molecule has 0 bridgehead atoms. The van der Waals surface area contributed by atoms with E-state index in [-0.39, 0.29) is 11.3 Å². The van der Waals surface area contributed by atoms with Crippen molar-refractivity contribution in [1.82, 2.24) is 9.80 Å². The van der Waals surface area contributed by atoms with Crippen molar-refractivity contribution in [3.63, 3.8) is 0 Å². The van der Waals surface area contributed by atoms with E-state index in [1.165, 1.54) is 17.2 Å². The molecule has 8 heteroatoms. The van der Waals surface area contributed by atoms with Gasteiger partial charge in [0.1, 0.15) is 6.61 Å². The minimum Gasteiger partial charge on any atom is -0.503 e. The van der Waals surface area contributed by atoms with Crippen LogP contribution in [0.15, 0.2) is 65.0 Å². The third-order valence-corrected chi connectivity index (χ3v) is 5.78. The Morgan fingerprint density at radius 1 is 1.21 bits per heavy atom. The van der Waals surface area contributed by atoms with E-state index in [9.17, 15) is 14.7 Å². The van der Waals surface area contributed by atoms with Gasteiger partial charge in [0, 0.05) is 13.1 Å². The molecule has 1 amide bonds. The summed E-state index contributed by atoms with van der Waals surface area (Å²) < 4.78 is 16.7. The quantitative estimate of drug-likeness (QED) is 0.348. The molecule has 0 fully saturated rings. The molecule has 1 atom stereocenters. The number of benzene rings is 1. The van der Waals surface area contributed by atoms with E-state index in [0.29, 0.717) is 43.4 Å². The first kappa shape index (κ1) is 25.1. The van der Waals surface area contributed by atoms with Gasteiger partial charge in [-0.3, -0.25) is 9.59 Å². The molecule has 0 saturated heterocycles. The fourth-order valence-electron chi connectivity index (χ4n) is 4.02. The van der Waals surface area contributed by atoms with Crippen LogP contribution in [0.2, 0.25) is 0 Å². The van der Waals surface area contributed by atoms with Gasteiger partial charge >= 0.3 is 0 Å². The number of carbonyl (C=O) groups is 2. The van der Waals surface area contributed by atoms with Crippen LogP contribution in [0.25, 0.3) is 0 Å². The first-order chi connectivity index (χ1) is 16.5. The Labute approximate surface area is 200 Å². The highest BCUT2D eigenvalue weighted by atomic mass is 16.5. The van der Waals surface area contributed by atoms with Gasteiger partial charge in [-0.2, -0.15) is 0 Å². The lowest BCUT2D eigenvalue weighted by molar-refractivity contribution is -0.129. The fourth-order valence-corrected chi connectivity index (χ4v) is 4.02. The van der Waals surface area contributed by atoms with E-state index in [0.717, 1.165) is 13.1 Å². The highest BCUT2D eigenvalue weighted by Crippen LogP contribution is 2.41. The molecule has 1 unspecified atom stereocenters. The molecule has 2 heterocycles. The average Bonchev–Trinajstić information content (AvgIpc) is 3.47. The van der Waals surface area contributed by atoms with Gasteiger partial charge in [-0.05, 0) is 49.8 Å². The van der Waals surface area contributed by atoms with Gasteiger partial charge in [0.25, 0.3) is 5.91 Å². The first-order valence-corrected chi connectivity index (χ1v) is 11.5. The monoisotopic (exact) mass is 468 g/mol.